The Morgan fingerprint density at radius 3 is 2.64 bits per heavy atom. The first-order chi connectivity index (χ1) is 12.2. The summed E-state index contributed by atoms with van der Waals surface area (Å²) < 4.78 is 5.20. The van der Waals surface area contributed by atoms with E-state index in [0.29, 0.717) is 11.8 Å². The van der Waals surface area contributed by atoms with Crippen LogP contribution in [0.2, 0.25) is 0 Å². The molecule has 1 saturated carbocycles. The van der Waals surface area contributed by atoms with Gasteiger partial charge in [-0.2, -0.15) is 5.10 Å². The number of carbonyl (C=O) groups is 1. The number of hydrogen-bond acceptors (Lipinski definition) is 4. The minimum Gasteiger partial charge on any atom is -0.497 e. The molecule has 2 atom stereocenters. The molecule has 1 N–H and O–H groups in total. The van der Waals surface area contributed by atoms with Gasteiger partial charge in [-0.05, 0) is 30.0 Å². The fraction of sp³-hybridized carbons (Fsp3) is 0.474. The van der Waals surface area contributed by atoms with Gasteiger partial charge in [-0.1, -0.05) is 12.1 Å². The molecule has 25 heavy (non-hydrogen) atoms. The van der Waals surface area contributed by atoms with E-state index in [4.69, 9.17) is 4.74 Å². The van der Waals surface area contributed by atoms with Crippen LogP contribution in [0.25, 0.3) is 0 Å². The van der Waals surface area contributed by atoms with Crippen LogP contribution in [-0.2, 0) is 11.3 Å². The highest BCUT2D eigenvalue weighted by Gasteiger charge is 2.46. The summed E-state index contributed by atoms with van der Waals surface area (Å²) in [6, 6.07) is 8.12. The van der Waals surface area contributed by atoms with Crippen LogP contribution < -0.4 is 4.74 Å². The van der Waals surface area contributed by atoms with E-state index < -0.39 is 0 Å². The van der Waals surface area contributed by atoms with Crippen LogP contribution in [0.3, 0.4) is 0 Å². The third kappa shape index (κ3) is 3.54. The third-order valence-corrected chi connectivity index (χ3v) is 5.30. The second-order valence-electron chi connectivity index (χ2n) is 6.93. The van der Waals surface area contributed by atoms with Crippen LogP contribution >= 0.6 is 0 Å². The van der Waals surface area contributed by atoms with Gasteiger partial charge < -0.3 is 9.64 Å². The second kappa shape index (κ2) is 6.88. The standard InChI is InChI=1S/C19H24N4O2/c1-25-16-4-2-15(3-5-16)17-10-18(17)19(24)23-8-6-22(7-9-23)13-14-11-20-21-12-14/h2-5,11-12,17-18H,6-10,13H2,1H3,(H,20,21)/t17-,18+/m0/s1. The average Bonchev–Trinajstić information content (AvgIpc) is 3.30. The van der Waals surface area contributed by atoms with Crippen molar-refractivity contribution in [3.05, 3.63) is 47.8 Å². The molecule has 0 unspecified atom stereocenters. The van der Waals surface area contributed by atoms with Gasteiger partial charge in [0.2, 0.25) is 5.91 Å². The van der Waals surface area contributed by atoms with E-state index in [9.17, 15) is 4.79 Å². The lowest BCUT2D eigenvalue weighted by Gasteiger charge is -2.34. The lowest BCUT2D eigenvalue weighted by atomic mass is 10.1. The number of amides is 1. The van der Waals surface area contributed by atoms with E-state index in [2.05, 4.69) is 27.2 Å². The number of hydrogen-bond donors (Lipinski definition) is 1. The van der Waals surface area contributed by atoms with Crippen LogP contribution in [0.1, 0.15) is 23.5 Å². The number of benzene rings is 1. The molecular formula is C19H24N4O2. The normalized spacial score (nSPS) is 23.5. The van der Waals surface area contributed by atoms with Gasteiger partial charge in [-0.15, -0.1) is 0 Å². The van der Waals surface area contributed by atoms with Crippen molar-refractivity contribution in [2.45, 2.75) is 18.9 Å². The quantitative estimate of drug-likeness (QED) is 0.903. The Hall–Kier alpha value is -2.34. The van der Waals surface area contributed by atoms with Gasteiger partial charge in [-0.3, -0.25) is 14.8 Å². The first-order valence-corrected chi connectivity index (χ1v) is 8.87. The maximum absolute atomic E-state index is 12.8. The third-order valence-electron chi connectivity index (χ3n) is 5.30. The number of aromatic amines is 1. The molecule has 0 bridgehead atoms. The van der Waals surface area contributed by atoms with Crippen molar-refractivity contribution in [2.24, 2.45) is 5.92 Å². The summed E-state index contributed by atoms with van der Waals surface area (Å²) >= 11 is 0. The van der Waals surface area contributed by atoms with Gasteiger partial charge in [-0.25, -0.2) is 0 Å². The van der Waals surface area contributed by atoms with Gasteiger partial charge in [0.25, 0.3) is 0 Å². The smallest absolute Gasteiger partial charge is 0.226 e. The SMILES string of the molecule is COc1ccc([C@@H]2C[C@H]2C(=O)N2CCN(Cc3cn[nH]c3)CC2)cc1. The Balaban J connectivity index is 1.28. The molecule has 2 heterocycles. The zero-order valence-corrected chi connectivity index (χ0v) is 14.5. The van der Waals surface area contributed by atoms with Crippen molar-refractivity contribution in [2.75, 3.05) is 33.3 Å². The second-order valence-corrected chi connectivity index (χ2v) is 6.93. The largest absolute Gasteiger partial charge is 0.497 e. The Bertz CT molecular complexity index is 706. The van der Waals surface area contributed by atoms with Crippen LogP contribution in [0.5, 0.6) is 5.75 Å². The summed E-state index contributed by atoms with van der Waals surface area (Å²) in [7, 11) is 1.67. The predicted octanol–water partition coefficient (Wildman–Crippen LogP) is 1.87. The van der Waals surface area contributed by atoms with Crippen molar-refractivity contribution in [1.29, 1.82) is 0 Å². The maximum atomic E-state index is 12.8. The number of nitrogens with zero attached hydrogens (tertiary/aromatic N) is 3. The van der Waals surface area contributed by atoms with E-state index in [0.717, 1.165) is 44.9 Å². The number of aromatic nitrogens is 2. The number of ether oxygens (including phenoxy) is 1. The molecule has 132 valence electrons. The molecule has 1 aromatic carbocycles. The minimum absolute atomic E-state index is 0.161. The Morgan fingerprint density at radius 2 is 2.00 bits per heavy atom. The average molecular weight is 340 g/mol. The summed E-state index contributed by atoms with van der Waals surface area (Å²) in [6.07, 6.45) is 4.77. The Morgan fingerprint density at radius 1 is 1.24 bits per heavy atom. The molecule has 0 radical (unpaired) electrons. The van der Waals surface area contributed by atoms with Crippen molar-refractivity contribution < 1.29 is 9.53 Å². The van der Waals surface area contributed by atoms with Crippen molar-refractivity contribution in [3.8, 4) is 5.75 Å². The highest BCUT2D eigenvalue weighted by Crippen LogP contribution is 2.48. The van der Waals surface area contributed by atoms with Gasteiger partial charge in [0.05, 0.1) is 13.3 Å². The molecule has 0 spiro atoms. The Labute approximate surface area is 147 Å². The lowest BCUT2D eigenvalue weighted by Crippen LogP contribution is -2.48. The van der Waals surface area contributed by atoms with Crippen LogP contribution in [0.4, 0.5) is 0 Å². The predicted molar refractivity (Wildman–Crippen MR) is 94.3 cm³/mol. The molecule has 2 fully saturated rings. The van der Waals surface area contributed by atoms with E-state index in [-0.39, 0.29) is 5.92 Å². The number of carbonyl (C=O) groups excluding carboxylic acids is 1. The molecule has 4 rings (SSSR count). The monoisotopic (exact) mass is 340 g/mol. The first-order valence-electron chi connectivity index (χ1n) is 8.87. The topological polar surface area (TPSA) is 61.5 Å². The van der Waals surface area contributed by atoms with E-state index in [1.807, 2.05) is 29.4 Å². The fourth-order valence-corrected chi connectivity index (χ4v) is 3.67. The van der Waals surface area contributed by atoms with Crippen molar-refractivity contribution in [1.82, 2.24) is 20.0 Å². The number of methoxy groups -OCH3 is 1. The van der Waals surface area contributed by atoms with Crippen molar-refractivity contribution in [3.63, 3.8) is 0 Å². The summed E-state index contributed by atoms with van der Waals surface area (Å²) in [5, 5.41) is 6.83. The molecule has 2 aromatic rings. The molecule has 1 saturated heterocycles. The zero-order valence-electron chi connectivity index (χ0n) is 14.5. The molecule has 1 aliphatic heterocycles. The van der Waals surface area contributed by atoms with E-state index >= 15 is 0 Å². The fourth-order valence-electron chi connectivity index (χ4n) is 3.67. The van der Waals surface area contributed by atoms with Gasteiger partial charge in [0.1, 0.15) is 5.75 Å². The van der Waals surface area contributed by atoms with Crippen molar-refractivity contribution >= 4 is 5.91 Å². The summed E-state index contributed by atoms with van der Waals surface area (Å²) in [6.45, 7) is 4.40. The lowest BCUT2D eigenvalue weighted by molar-refractivity contribution is -0.134. The molecule has 2 aliphatic rings. The van der Waals surface area contributed by atoms with Crippen LogP contribution in [0, 0.1) is 5.92 Å². The highest BCUT2D eigenvalue weighted by atomic mass is 16.5. The number of rotatable bonds is 5. The van der Waals surface area contributed by atoms with Crippen LogP contribution in [0.15, 0.2) is 36.7 Å². The van der Waals surface area contributed by atoms with Crippen LogP contribution in [-0.4, -0.2) is 59.2 Å². The molecule has 1 aromatic heterocycles. The van der Waals surface area contributed by atoms with E-state index in [1.165, 1.54) is 11.1 Å². The maximum Gasteiger partial charge on any atom is 0.226 e. The molecular weight excluding hydrogens is 316 g/mol. The summed E-state index contributed by atoms with van der Waals surface area (Å²) in [5.41, 5.74) is 2.44. The highest BCUT2D eigenvalue weighted by molar-refractivity contribution is 5.83. The van der Waals surface area contributed by atoms with Gasteiger partial charge in [0.15, 0.2) is 0 Å². The summed E-state index contributed by atoms with van der Waals surface area (Å²) in [5.74, 6) is 1.72. The molecule has 6 heteroatoms. The Kier molecular flexibility index (Phi) is 4.44. The zero-order chi connectivity index (χ0) is 17.2. The molecule has 1 aliphatic carbocycles. The summed E-state index contributed by atoms with van der Waals surface area (Å²) in [4.78, 5) is 17.2. The van der Waals surface area contributed by atoms with Gasteiger partial charge >= 0.3 is 0 Å². The number of H-pyrrole nitrogens is 1. The number of nitrogens with one attached hydrogen (secondary N) is 1. The molecule has 1 amide bonds. The minimum atomic E-state index is 0.161. The number of piperazine rings is 1. The first kappa shape index (κ1) is 16.1. The molecule has 6 nitrogen and oxygen atoms in total. The van der Waals surface area contributed by atoms with Gasteiger partial charge in [0, 0.05) is 50.4 Å². The van der Waals surface area contributed by atoms with E-state index in [1.54, 1.807) is 7.11 Å².